The number of ether oxygens (including phenoxy) is 1. The highest BCUT2D eigenvalue weighted by Gasteiger charge is 2.29. The molecular weight excluding hydrogens is 326 g/mol. The minimum absolute atomic E-state index is 0.203. The van der Waals surface area contributed by atoms with Crippen molar-refractivity contribution in [1.29, 1.82) is 0 Å². The van der Waals surface area contributed by atoms with E-state index in [1.54, 1.807) is 12.0 Å². The molecule has 1 aliphatic heterocycles. The highest BCUT2D eigenvalue weighted by atomic mass is 32.2. The Morgan fingerprint density at radius 2 is 1.92 bits per heavy atom. The zero-order valence-electron chi connectivity index (χ0n) is 12.9. The minimum atomic E-state index is -1.13. The number of fused-ring (bicyclic) bond motifs is 1. The van der Waals surface area contributed by atoms with Gasteiger partial charge in [0.1, 0.15) is 5.75 Å². The Kier molecular flexibility index (Phi) is 4.57. The van der Waals surface area contributed by atoms with Gasteiger partial charge in [-0.15, -0.1) is 0 Å². The van der Waals surface area contributed by atoms with E-state index in [1.807, 2.05) is 48.5 Å². The Hall–Kier alpha value is -2.73. The number of carboxylic acid groups (broad SMARTS) is 1. The first kappa shape index (κ1) is 16.1. The molecular formula is C18H15NO4S. The number of hydrogen-bond donors (Lipinski definition) is 1. The second kappa shape index (κ2) is 6.80. The van der Waals surface area contributed by atoms with Crippen LogP contribution in [0.5, 0.6) is 5.75 Å². The topological polar surface area (TPSA) is 66.8 Å². The quantitative estimate of drug-likeness (QED) is 0.864. The average molecular weight is 341 g/mol. The highest BCUT2D eigenvalue weighted by molar-refractivity contribution is 8.04. The number of nitrogens with zero attached hydrogens (tertiary/aromatic N) is 1. The zero-order chi connectivity index (χ0) is 17.1. The Labute approximate surface area is 143 Å². The van der Waals surface area contributed by atoms with Gasteiger partial charge in [-0.1, -0.05) is 36.0 Å². The van der Waals surface area contributed by atoms with Gasteiger partial charge in [-0.2, -0.15) is 0 Å². The van der Waals surface area contributed by atoms with E-state index in [0.29, 0.717) is 6.54 Å². The lowest BCUT2D eigenvalue weighted by molar-refractivity contribution is -0.131. The number of para-hydroxylation sites is 1. The molecule has 0 fully saturated rings. The highest BCUT2D eigenvalue weighted by Crippen LogP contribution is 2.41. The summed E-state index contributed by atoms with van der Waals surface area (Å²) in [5, 5.41) is 8.99. The number of amides is 1. The molecule has 0 bridgehead atoms. The first-order valence-corrected chi connectivity index (χ1v) is 8.06. The number of methoxy groups -OCH3 is 1. The predicted molar refractivity (Wildman–Crippen MR) is 92.2 cm³/mol. The second-order valence-corrected chi connectivity index (χ2v) is 6.24. The maximum Gasteiger partial charge on any atom is 0.329 e. The maximum atomic E-state index is 12.7. The Bertz CT molecular complexity index is 814. The van der Waals surface area contributed by atoms with Crippen molar-refractivity contribution in [1.82, 2.24) is 0 Å². The minimum Gasteiger partial charge on any atom is -0.497 e. The molecule has 0 saturated heterocycles. The number of carbonyl (C=O) groups is 2. The number of anilines is 1. The maximum absolute atomic E-state index is 12.7. The second-order valence-electron chi connectivity index (χ2n) is 5.16. The number of carboxylic acids is 1. The number of benzene rings is 2. The summed E-state index contributed by atoms with van der Waals surface area (Å²) < 4.78 is 5.14. The van der Waals surface area contributed by atoms with Crippen molar-refractivity contribution in [3.05, 3.63) is 65.1 Å². The summed E-state index contributed by atoms with van der Waals surface area (Å²) >= 11 is 1.18. The van der Waals surface area contributed by atoms with E-state index >= 15 is 0 Å². The monoisotopic (exact) mass is 341 g/mol. The van der Waals surface area contributed by atoms with Crippen LogP contribution in [0.3, 0.4) is 0 Å². The van der Waals surface area contributed by atoms with Crippen LogP contribution < -0.4 is 9.64 Å². The lowest BCUT2D eigenvalue weighted by Gasteiger charge is -2.30. The standard InChI is InChI=1S/C18H15NO4S/c1-23-13-8-6-12(7-9-13)11-19-14-4-2-3-5-15(14)24-16(18(19)22)10-17(20)21/h2-10H,11H2,1H3,(H,20,21). The lowest BCUT2D eigenvalue weighted by Crippen LogP contribution is -2.34. The van der Waals surface area contributed by atoms with Crippen molar-refractivity contribution in [2.24, 2.45) is 0 Å². The van der Waals surface area contributed by atoms with Gasteiger partial charge >= 0.3 is 5.97 Å². The molecule has 122 valence electrons. The van der Waals surface area contributed by atoms with Crippen LogP contribution in [0, 0.1) is 0 Å². The van der Waals surface area contributed by atoms with E-state index in [0.717, 1.165) is 28.0 Å². The molecule has 1 N–H and O–H groups in total. The number of aliphatic carboxylic acids is 1. The van der Waals surface area contributed by atoms with E-state index in [2.05, 4.69) is 0 Å². The predicted octanol–water partition coefficient (Wildman–Crippen LogP) is 3.30. The summed E-state index contributed by atoms with van der Waals surface area (Å²) in [5.41, 5.74) is 1.71. The molecule has 3 rings (SSSR count). The molecule has 2 aromatic rings. The van der Waals surface area contributed by atoms with E-state index in [1.165, 1.54) is 11.8 Å². The van der Waals surface area contributed by atoms with Crippen LogP contribution in [0.4, 0.5) is 5.69 Å². The fourth-order valence-electron chi connectivity index (χ4n) is 2.44. The van der Waals surface area contributed by atoms with Gasteiger partial charge in [0.05, 0.1) is 24.2 Å². The van der Waals surface area contributed by atoms with Crippen LogP contribution in [0.2, 0.25) is 0 Å². The molecule has 0 saturated carbocycles. The first-order valence-electron chi connectivity index (χ1n) is 7.25. The van der Waals surface area contributed by atoms with E-state index in [9.17, 15) is 9.59 Å². The third kappa shape index (κ3) is 3.28. The van der Waals surface area contributed by atoms with Crippen molar-refractivity contribution in [3.63, 3.8) is 0 Å². The Balaban J connectivity index is 1.97. The summed E-state index contributed by atoms with van der Waals surface area (Å²) in [6, 6.07) is 14.9. The molecule has 1 amide bonds. The fraction of sp³-hybridized carbons (Fsp3) is 0.111. The molecule has 6 heteroatoms. The van der Waals surface area contributed by atoms with Crippen LogP contribution in [0.25, 0.3) is 0 Å². The molecule has 5 nitrogen and oxygen atoms in total. The van der Waals surface area contributed by atoms with Crippen molar-refractivity contribution in [2.75, 3.05) is 12.0 Å². The van der Waals surface area contributed by atoms with E-state index in [4.69, 9.17) is 9.84 Å². The molecule has 0 unspecified atom stereocenters. The fourth-order valence-corrected chi connectivity index (χ4v) is 3.47. The summed E-state index contributed by atoms with van der Waals surface area (Å²) in [6.07, 6.45) is 0.962. The molecule has 0 atom stereocenters. The molecule has 24 heavy (non-hydrogen) atoms. The summed E-state index contributed by atoms with van der Waals surface area (Å²) in [5.74, 6) is -0.697. The molecule has 2 aromatic carbocycles. The van der Waals surface area contributed by atoms with E-state index in [-0.39, 0.29) is 10.8 Å². The van der Waals surface area contributed by atoms with Crippen LogP contribution >= 0.6 is 11.8 Å². The lowest BCUT2D eigenvalue weighted by atomic mass is 10.1. The van der Waals surface area contributed by atoms with Gasteiger partial charge in [-0.05, 0) is 29.8 Å². The SMILES string of the molecule is COc1ccc(CN2C(=O)C(=CC(=O)O)Sc3ccccc32)cc1. The van der Waals surface area contributed by atoms with Crippen molar-refractivity contribution < 1.29 is 19.4 Å². The van der Waals surface area contributed by atoms with Crippen molar-refractivity contribution in [3.8, 4) is 5.75 Å². The van der Waals surface area contributed by atoms with Crippen LogP contribution in [-0.2, 0) is 16.1 Å². The van der Waals surface area contributed by atoms with Crippen molar-refractivity contribution in [2.45, 2.75) is 11.4 Å². The zero-order valence-corrected chi connectivity index (χ0v) is 13.7. The number of rotatable bonds is 4. The van der Waals surface area contributed by atoms with Crippen molar-refractivity contribution >= 4 is 29.3 Å². The van der Waals surface area contributed by atoms with Gasteiger partial charge in [-0.25, -0.2) is 4.79 Å². The normalized spacial score (nSPS) is 15.3. The van der Waals surface area contributed by atoms with Crippen LogP contribution in [0.15, 0.2) is 64.4 Å². The van der Waals surface area contributed by atoms with E-state index < -0.39 is 5.97 Å². The van der Waals surface area contributed by atoms with Gasteiger partial charge < -0.3 is 14.7 Å². The summed E-state index contributed by atoms with van der Waals surface area (Å²) in [6.45, 7) is 0.358. The molecule has 0 aromatic heterocycles. The van der Waals surface area contributed by atoms with Crippen LogP contribution in [-0.4, -0.2) is 24.1 Å². The summed E-state index contributed by atoms with van der Waals surface area (Å²) in [7, 11) is 1.60. The van der Waals surface area contributed by atoms with Gasteiger partial charge in [0.15, 0.2) is 0 Å². The molecule has 0 spiro atoms. The Morgan fingerprint density at radius 1 is 1.21 bits per heavy atom. The first-order chi connectivity index (χ1) is 11.6. The molecule has 1 heterocycles. The Morgan fingerprint density at radius 3 is 2.58 bits per heavy atom. The third-order valence-corrected chi connectivity index (χ3v) is 4.66. The third-order valence-electron chi connectivity index (χ3n) is 3.59. The summed E-state index contributed by atoms with van der Waals surface area (Å²) in [4.78, 5) is 26.3. The largest absolute Gasteiger partial charge is 0.497 e. The number of carbonyl (C=O) groups excluding carboxylic acids is 1. The molecule has 0 radical (unpaired) electrons. The average Bonchev–Trinajstić information content (AvgIpc) is 2.58. The number of thioether (sulfide) groups is 1. The van der Waals surface area contributed by atoms with Gasteiger partial charge in [0, 0.05) is 11.0 Å². The smallest absolute Gasteiger partial charge is 0.329 e. The van der Waals surface area contributed by atoms with Gasteiger partial charge in [-0.3, -0.25) is 4.79 Å². The van der Waals surface area contributed by atoms with Crippen LogP contribution in [0.1, 0.15) is 5.56 Å². The number of hydrogen-bond acceptors (Lipinski definition) is 4. The van der Waals surface area contributed by atoms with Gasteiger partial charge in [0.2, 0.25) is 0 Å². The van der Waals surface area contributed by atoms with Gasteiger partial charge in [0.25, 0.3) is 5.91 Å². The molecule has 0 aliphatic carbocycles. The molecule has 1 aliphatic rings.